The number of hydrogen-bond acceptors (Lipinski definition) is 2. The second kappa shape index (κ2) is 4.00. The number of nitrogens with zero attached hydrogens (tertiary/aromatic N) is 1. The van der Waals surface area contributed by atoms with Crippen molar-refractivity contribution in [3.05, 3.63) is 36.4 Å². The number of pyridine rings is 1. The lowest BCUT2D eigenvalue weighted by molar-refractivity contribution is -0.188. The fourth-order valence-electron chi connectivity index (χ4n) is 1.28. The summed E-state index contributed by atoms with van der Waals surface area (Å²) >= 11 is 0. The number of para-hydroxylation sites is 1. The zero-order valence-electron chi connectivity index (χ0n) is 8.16. The first-order valence-corrected chi connectivity index (χ1v) is 4.59. The van der Waals surface area contributed by atoms with Gasteiger partial charge in [0.15, 0.2) is 6.67 Å². The van der Waals surface area contributed by atoms with E-state index in [4.69, 9.17) is 0 Å². The predicted molar refractivity (Wildman–Crippen MR) is 53.3 cm³/mol. The molecule has 2 aromatic rings. The fraction of sp³-hybridized carbons (Fsp3) is 0.182. The number of hydrogen-bond donors (Lipinski definition) is 0. The maximum absolute atomic E-state index is 12.6. The van der Waals surface area contributed by atoms with Gasteiger partial charge in [0, 0.05) is 11.5 Å². The van der Waals surface area contributed by atoms with Crippen molar-refractivity contribution in [2.24, 2.45) is 0 Å². The number of alkyl halides is 3. The normalized spacial score (nSPS) is 11.7. The summed E-state index contributed by atoms with van der Waals surface area (Å²) in [5.41, 5.74) is 0.523. The smallest absolute Gasteiger partial charge is 0.413 e. The molecule has 84 valence electrons. The van der Waals surface area contributed by atoms with Crippen LogP contribution in [0.1, 0.15) is 0 Å². The highest BCUT2D eigenvalue weighted by molar-refractivity contribution is 5.78. The number of benzene rings is 1. The summed E-state index contributed by atoms with van der Waals surface area (Å²) in [7, 11) is 0. The van der Waals surface area contributed by atoms with E-state index in [0.717, 1.165) is 5.39 Å². The number of fused-ring (bicyclic) bond motifs is 1. The molecule has 0 unspecified atom stereocenters. The molecule has 0 fully saturated rings. The summed E-state index contributed by atoms with van der Waals surface area (Å²) in [6, 6.07) is 9.86. The topological polar surface area (TPSA) is 22.1 Å². The van der Waals surface area contributed by atoms with Crippen LogP contribution in [0.2, 0.25) is 0 Å². The van der Waals surface area contributed by atoms with Crippen molar-refractivity contribution in [1.82, 2.24) is 4.98 Å². The SMILES string of the molecule is FCC(F)(F)Oc1ccc2ccccc2n1. The molecule has 0 amide bonds. The van der Waals surface area contributed by atoms with Gasteiger partial charge in [-0.15, -0.1) is 0 Å². The molecule has 0 saturated heterocycles. The second-order valence-electron chi connectivity index (χ2n) is 3.22. The highest BCUT2D eigenvalue weighted by Crippen LogP contribution is 2.22. The van der Waals surface area contributed by atoms with Crippen LogP contribution in [-0.4, -0.2) is 17.8 Å². The molecule has 2 nitrogen and oxygen atoms in total. The molecule has 1 heterocycles. The molecule has 0 bridgehead atoms. The summed E-state index contributed by atoms with van der Waals surface area (Å²) in [6.45, 7) is -1.87. The Labute approximate surface area is 89.7 Å². The van der Waals surface area contributed by atoms with Gasteiger partial charge in [-0.25, -0.2) is 9.37 Å². The van der Waals surface area contributed by atoms with Crippen LogP contribution >= 0.6 is 0 Å². The van der Waals surface area contributed by atoms with Gasteiger partial charge in [0.1, 0.15) is 0 Å². The summed E-state index contributed by atoms with van der Waals surface area (Å²) < 4.78 is 41.2. The maximum Gasteiger partial charge on any atom is 0.428 e. The summed E-state index contributed by atoms with van der Waals surface area (Å²) in [5.74, 6) is -0.290. The summed E-state index contributed by atoms with van der Waals surface area (Å²) in [6.07, 6.45) is -3.82. The quantitative estimate of drug-likeness (QED) is 0.803. The van der Waals surface area contributed by atoms with Crippen molar-refractivity contribution in [3.8, 4) is 5.88 Å². The van der Waals surface area contributed by atoms with Gasteiger partial charge in [0.25, 0.3) is 0 Å². The van der Waals surface area contributed by atoms with Gasteiger partial charge in [-0.3, -0.25) is 0 Å². The van der Waals surface area contributed by atoms with Crippen molar-refractivity contribution in [1.29, 1.82) is 0 Å². The Bertz CT molecular complexity index is 501. The lowest BCUT2D eigenvalue weighted by Gasteiger charge is -2.13. The third-order valence-electron chi connectivity index (χ3n) is 1.98. The third-order valence-corrected chi connectivity index (χ3v) is 1.98. The van der Waals surface area contributed by atoms with E-state index in [-0.39, 0.29) is 5.88 Å². The first kappa shape index (κ1) is 10.7. The zero-order valence-corrected chi connectivity index (χ0v) is 8.16. The van der Waals surface area contributed by atoms with Gasteiger partial charge in [-0.1, -0.05) is 18.2 Å². The van der Waals surface area contributed by atoms with E-state index in [0.29, 0.717) is 5.52 Å². The Balaban J connectivity index is 2.33. The Kier molecular flexibility index (Phi) is 2.68. The van der Waals surface area contributed by atoms with Crippen molar-refractivity contribution < 1.29 is 17.9 Å². The van der Waals surface area contributed by atoms with E-state index in [2.05, 4.69) is 9.72 Å². The highest BCUT2D eigenvalue weighted by Gasteiger charge is 2.32. The van der Waals surface area contributed by atoms with E-state index in [1.54, 1.807) is 30.3 Å². The standard InChI is InChI=1S/C11H8F3NO/c12-7-11(13,14)16-10-6-5-8-3-1-2-4-9(8)15-10/h1-6H,7H2. The molecule has 5 heteroatoms. The minimum absolute atomic E-state index is 0.290. The van der Waals surface area contributed by atoms with Crippen LogP contribution in [0.4, 0.5) is 13.2 Å². The lowest BCUT2D eigenvalue weighted by Crippen LogP contribution is -2.27. The molecule has 1 aromatic carbocycles. The number of rotatable bonds is 3. The van der Waals surface area contributed by atoms with Crippen molar-refractivity contribution in [2.45, 2.75) is 6.11 Å². The van der Waals surface area contributed by atoms with Crippen molar-refractivity contribution in [2.75, 3.05) is 6.67 Å². The molecular formula is C11H8F3NO. The number of aromatic nitrogens is 1. The van der Waals surface area contributed by atoms with Crippen LogP contribution in [-0.2, 0) is 0 Å². The van der Waals surface area contributed by atoms with Crippen LogP contribution in [0, 0.1) is 0 Å². The van der Waals surface area contributed by atoms with Gasteiger partial charge in [-0.05, 0) is 12.1 Å². The van der Waals surface area contributed by atoms with Crippen LogP contribution < -0.4 is 4.74 Å². The number of ether oxygens (including phenoxy) is 1. The molecule has 0 aliphatic carbocycles. The molecule has 16 heavy (non-hydrogen) atoms. The molecule has 0 N–H and O–H groups in total. The fourth-order valence-corrected chi connectivity index (χ4v) is 1.28. The zero-order chi connectivity index (χ0) is 11.6. The molecule has 0 aliphatic heterocycles. The molecule has 0 saturated carbocycles. The van der Waals surface area contributed by atoms with E-state index in [1.807, 2.05) is 0 Å². The average molecular weight is 227 g/mol. The minimum Gasteiger partial charge on any atom is -0.413 e. The van der Waals surface area contributed by atoms with Gasteiger partial charge >= 0.3 is 6.11 Å². The Morgan fingerprint density at radius 2 is 1.88 bits per heavy atom. The summed E-state index contributed by atoms with van der Waals surface area (Å²) in [4.78, 5) is 3.84. The average Bonchev–Trinajstić information content (AvgIpc) is 2.28. The second-order valence-corrected chi connectivity index (χ2v) is 3.22. The van der Waals surface area contributed by atoms with E-state index in [1.165, 1.54) is 6.07 Å². The molecular weight excluding hydrogens is 219 g/mol. The molecule has 0 radical (unpaired) electrons. The van der Waals surface area contributed by atoms with Crippen molar-refractivity contribution in [3.63, 3.8) is 0 Å². The summed E-state index contributed by atoms with van der Waals surface area (Å²) in [5, 5.41) is 0.804. The highest BCUT2D eigenvalue weighted by atomic mass is 19.3. The molecule has 1 aromatic heterocycles. The van der Waals surface area contributed by atoms with E-state index >= 15 is 0 Å². The van der Waals surface area contributed by atoms with E-state index < -0.39 is 12.8 Å². The van der Waals surface area contributed by atoms with Gasteiger partial charge in [-0.2, -0.15) is 8.78 Å². The van der Waals surface area contributed by atoms with E-state index in [9.17, 15) is 13.2 Å². The molecule has 0 aliphatic rings. The molecule has 0 atom stereocenters. The number of halogens is 3. The van der Waals surface area contributed by atoms with Crippen LogP contribution in [0.3, 0.4) is 0 Å². The van der Waals surface area contributed by atoms with Crippen LogP contribution in [0.15, 0.2) is 36.4 Å². The third kappa shape index (κ3) is 2.24. The largest absolute Gasteiger partial charge is 0.428 e. The first-order chi connectivity index (χ1) is 7.61. The van der Waals surface area contributed by atoms with Gasteiger partial charge in [0.05, 0.1) is 5.52 Å². The first-order valence-electron chi connectivity index (χ1n) is 4.59. The van der Waals surface area contributed by atoms with Gasteiger partial charge in [0.2, 0.25) is 5.88 Å². The van der Waals surface area contributed by atoms with Crippen molar-refractivity contribution >= 4 is 10.9 Å². The molecule has 0 spiro atoms. The molecule has 2 rings (SSSR count). The lowest BCUT2D eigenvalue weighted by atomic mass is 10.2. The Morgan fingerprint density at radius 3 is 2.62 bits per heavy atom. The van der Waals surface area contributed by atoms with Gasteiger partial charge < -0.3 is 4.74 Å². The maximum atomic E-state index is 12.6. The monoisotopic (exact) mass is 227 g/mol. The van der Waals surface area contributed by atoms with Crippen LogP contribution in [0.25, 0.3) is 10.9 Å². The predicted octanol–water partition coefficient (Wildman–Crippen LogP) is 3.18. The Hall–Kier alpha value is -1.78. The Morgan fingerprint density at radius 1 is 1.12 bits per heavy atom. The minimum atomic E-state index is -3.82. The van der Waals surface area contributed by atoms with Crippen LogP contribution in [0.5, 0.6) is 5.88 Å².